The fourth-order valence-corrected chi connectivity index (χ4v) is 3.57. The molecule has 3 heteroatoms. The second-order valence-corrected chi connectivity index (χ2v) is 5.56. The summed E-state index contributed by atoms with van der Waals surface area (Å²) in [6, 6.07) is 10.0. The van der Waals surface area contributed by atoms with E-state index in [0.29, 0.717) is 0 Å². The normalized spacial score (nSPS) is 27.0. The van der Waals surface area contributed by atoms with E-state index in [2.05, 4.69) is 5.32 Å². The van der Waals surface area contributed by atoms with Crippen LogP contribution in [-0.2, 0) is 12.0 Å². The first kappa shape index (κ1) is 11.1. The Morgan fingerprint density at radius 1 is 1.05 bits per heavy atom. The van der Waals surface area contributed by atoms with E-state index >= 15 is 0 Å². The molecule has 2 bridgehead atoms. The van der Waals surface area contributed by atoms with Gasteiger partial charge in [-0.15, -0.1) is 0 Å². The van der Waals surface area contributed by atoms with Crippen molar-refractivity contribution < 1.29 is 8.78 Å². The minimum atomic E-state index is -0.488. The Bertz CT molecular complexity index is 679. The Kier molecular flexibility index (Phi) is 2.00. The van der Waals surface area contributed by atoms with Crippen molar-refractivity contribution in [3.63, 3.8) is 0 Å². The van der Waals surface area contributed by atoms with Gasteiger partial charge in [-0.25, -0.2) is 8.78 Å². The molecule has 0 fully saturated rings. The van der Waals surface area contributed by atoms with Gasteiger partial charge >= 0.3 is 0 Å². The summed E-state index contributed by atoms with van der Waals surface area (Å²) in [7, 11) is 0. The second kappa shape index (κ2) is 3.42. The van der Waals surface area contributed by atoms with Gasteiger partial charge in [-0.1, -0.05) is 12.1 Å². The van der Waals surface area contributed by atoms with Gasteiger partial charge in [0.05, 0.1) is 5.54 Å². The van der Waals surface area contributed by atoms with Gasteiger partial charge < -0.3 is 0 Å². The molecule has 2 atom stereocenters. The van der Waals surface area contributed by atoms with Crippen LogP contribution < -0.4 is 5.32 Å². The Labute approximate surface area is 110 Å². The first-order chi connectivity index (χ1) is 9.08. The van der Waals surface area contributed by atoms with E-state index in [1.807, 2.05) is 19.1 Å². The van der Waals surface area contributed by atoms with Crippen LogP contribution >= 0.6 is 0 Å². The van der Waals surface area contributed by atoms with Crippen molar-refractivity contribution in [2.24, 2.45) is 0 Å². The third-order valence-electron chi connectivity index (χ3n) is 4.43. The number of benzene rings is 2. The molecule has 0 saturated carbocycles. The monoisotopic (exact) mass is 257 g/mol. The van der Waals surface area contributed by atoms with E-state index < -0.39 is 5.54 Å². The standard InChI is InChI=1S/C16H13F2N/c1-16-13-7-10(17)3-2-9(13)6-15(19-16)12-5-4-11(18)8-14(12)16/h2-5,7-8,15,19H,6H2,1H3/t15-,16+/m0/s1. The Balaban J connectivity index is 2.03. The van der Waals surface area contributed by atoms with Crippen molar-refractivity contribution in [3.05, 3.63) is 70.3 Å². The zero-order chi connectivity index (χ0) is 13.2. The van der Waals surface area contributed by atoms with Crippen molar-refractivity contribution >= 4 is 0 Å². The molecule has 96 valence electrons. The lowest BCUT2D eigenvalue weighted by Gasteiger charge is -2.34. The van der Waals surface area contributed by atoms with Crippen LogP contribution in [0.4, 0.5) is 8.78 Å². The van der Waals surface area contributed by atoms with Gasteiger partial charge in [-0.3, -0.25) is 5.32 Å². The maximum absolute atomic E-state index is 13.5. The number of fused-ring (bicyclic) bond motifs is 7. The maximum Gasteiger partial charge on any atom is 0.123 e. The fraction of sp³-hybridized carbons (Fsp3) is 0.250. The SMILES string of the molecule is C[C@@]12N[C@@H](Cc3ccc(F)cc31)c1ccc(F)cc12. The van der Waals surface area contributed by atoms with Crippen LogP contribution in [0.15, 0.2) is 36.4 Å². The summed E-state index contributed by atoms with van der Waals surface area (Å²) in [4.78, 5) is 0. The quantitative estimate of drug-likeness (QED) is 0.762. The lowest BCUT2D eigenvalue weighted by atomic mass is 9.82. The molecule has 0 aromatic heterocycles. The Morgan fingerprint density at radius 3 is 2.53 bits per heavy atom. The van der Waals surface area contributed by atoms with E-state index in [1.54, 1.807) is 12.1 Å². The highest BCUT2D eigenvalue weighted by Crippen LogP contribution is 2.48. The van der Waals surface area contributed by atoms with Gasteiger partial charge in [0, 0.05) is 6.04 Å². The largest absolute Gasteiger partial charge is 0.297 e. The summed E-state index contributed by atoms with van der Waals surface area (Å²) >= 11 is 0. The number of hydrogen-bond acceptors (Lipinski definition) is 1. The lowest BCUT2D eigenvalue weighted by Crippen LogP contribution is -2.41. The molecule has 2 aromatic carbocycles. The third-order valence-corrected chi connectivity index (χ3v) is 4.43. The van der Waals surface area contributed by atoms with Crippen LogP contribution in [0.5, 0.6) is 0 Å². The smallest absolute Gasteiger partial charge is 0.123 e. The molecule has 2 aliphatic rings. The molecule has 2 aromatic rings. The minimum absolute atomic E-state index is 0.193. The first-order valence-corrected chi connectivity index (χ1v) is 6.44. The van der Waals surface area contributed by atoms with Gasteiger partial charge in [0.2, 0.25) is 0 Å². The summed E-state index contributed by atoms with van der Waals surface area (Å²) in [5.41, 5.74) is 3.64. The van der Waals surface area contributed by atoms with Crippen LogP contribution in [-0.4, -0.2) is 0 Å². The average molecular weight is 257 g/mol. The van der Waals surface area contributed by atoms with Crippen molar-refractivity contribution in [2.45, 2.75) is 24.9 Å². The van der Waals surface area contributed by atoms with E-state index in [4.69, 9.17) is 0 Å². The summed E-state index contributed by atoms with van der Waals surface area (Å²) in [5.74, 6) is -0.489. The Morgan fingerprint density at radius 2 is 1.74 bits per heavy atom. The highest BCUT2D eigenvalue weighted by atomic mass is 19.1. The van der Waals surface area contributed by atoms with Gasteiger partial charge in [0.1, 0.15) is 11.6 Å². The van der Waals surface area contributed by atoms with E-state index in [1.165, 1.54) is 12.1 Å². The van der Waals surface area contributed by atoms with Crippen LogP contribution in [0.3, 0.4) is 0 Å². The van der Waals surface area contributed by atoms with Crippen LogP contribution in [0.25, 0.3) is 0 Å². The second-order valence-electron chi connectivity index (χ2n) is 5.56. The molecule has 4 rings (SSSR count). The highest BCUT2D eigenvalue weighted by molar-refractivity contribution is 5.54. The first-order valence-electron chi connectivity index (χ1n) is 6.44. The van der Waals surface area contributed by atoms with Crippen molar-refractivity contribution in [1.29, 1.82) is 0 Å². The van der Waals surface area contributed by atoms with Crippen LogP contribution in [0.2, 0.25) is 0 Å². The molecule has 1 nitrogen and oxygen atoms in total. The van der Waals surface area contributed by atoms with E-state index in [-0.39, 0.29) is 17.7 Å². The van der Waals surface area contributed by atoms with E-state index in [0.717, 1.165) is 28.7 Å². The molecule has 0 radical (unpaired) electrons. The van der Waals surface area contributed by atoms with Gasteiger partial charge in [0.15, 0.2) is 0 Å². The summed E-state index contributed by atoms with van der Waals surface area (Å²) in [6.07, 6.45) is 0.823. The number of rotatable bonds is 0. The zero-order valence-electron chi connectivity index (χ0n) is 10.5. The number of halogens is 2. The van der Waals surface area contributed by atoms with Crippen LogP contribution in [0.1, 0.15) is 35.2 Å². The van der Waals surface area contributed by atoms with Crippen molar-refractivity contribution in [1.82, 2.24) is 5.32 Å². The molecular weight excluding hydrogens is 244 g/mol. The number of nitrogens with one attached hydrogen (secondary N) is 1. The Hall–Kier alpha value is -1.74. The maximum atomic E-state index is 13.5. The molecule has 19 heavy (non-hydrogen) atoms. The molecule has 0 unspecified atom stereocenters. The van der Waals surface area contributed by atoms with E-state index in [9.17, 15) is 8.78 Å². The third kappa shape index (κ3) is 1.36. The van der Waals surface area contributed by atoms with Crippen molar-refractivity contribution in [2.75, 3.05) is 0 Å². The molecular formula is C16H13F2N. The summed E-state index contributed by atoms with van der Waals surface area (Å²) < 4.78 is 27.1. The molecule has 0 spiro atoms. The molecule has 0 saturated heterocycles. The average Bonchev–Trinajstić information content (AvgIpc) is 2.61. The van der Waals surface area contributed by atoms with Gasteiger partial charge in [-0.05, 0) is 59.9 Å². The summed E-state index contributed by atoms with van der Waals surface area (Å²) in [5, 5.41) is 3.51. The molecule has 0 aliphatic carbocycles. The predicted octanol–water partition coefficient (Wildman–Crippen LogP) is 3.43. The summed E-state index contributed by atoms with van der Waals surface area (Å²) in [6.45, 7) is 2.00. The topological polar surface area (TPSA) is 12.0 Å². The van der Waals surface area contributed by atoms with Gasteiger partial charge in [0.25, 0.3) is 0 Å². The minimum Gasteiger partial charge on any atom is -0.297 e. The molecule has 2 heterocycles. The van der Waals surface area contributed by atoms with Gasteiger partial charge in [-0.2, -0.15) is 0 Å². The molecule has 2 aliphatic heterocycles. The fourth-order valence-electron chi connectivity index (χ4n) is 3.57. The van der Waals surface area contributed by atoms with Crippen LogP contribution in [0, 0.1) is 11.6 Å². The molecule has 0 amide bonds. The zero-order valence-corrected chi connectivity index (χ0v) is 10.5. The predicted molar refractivity (Wildman–Crippen MR) is 68.8 cm³/mol. The lowest BCUT2D eigenvalue weighted by molar-refractivity contribution is 0.386. The number of hydrogen-bond donors (Lipinski definition) is 1. The van der Waals surface area contributed by atoms with Crippen molar-refractivity contribution in [3.8, 4) is 0 Å². The highest BCUT2D eigenvalue weighted by Gasteiger charge is 2.45. The molecule has 1 N–H and O–H groups in total.